The van der Waals surface area contributed by atoms with Crippen molar-refractivity contribution >= 4 is 33.4 Å². The van der Waals surface area contributed by atoms with E-state index in [2.05, 4.69) is 21.2 Å². The van der Waals surface area contributed by atoms with Crippen molar-refractivity contribution in [3.63, 3.8) is 0 Å². The molecule has 136 valence electrons. The number of nitrogens with zero attached hydrogens (tertiary/aromatic N) is 1. The zero-order chi connectivity index (χ0) is 18.7. The van der Waals surface area contributed by atoms with E-state index in [1.165, 1.54) is 17.0 Å². The largest absolute Gasteiger partial charge is 0.336 e. The van der Waals surface area contributed by atoms with Gasteiger partial charge in [0.15, 0.2) is 0 Å². The summed E-state index contributed by atoms with van der Waals surface area (Å²) < 4.78 is 14.4. The lowest BCUT2D eigenvalue weighted by Gasteiger charge is -2.43. The summed E-state index contributed by atoms with van der Waals surface area (Å²) in [5, 5.41) is 2.79. The van der Waals surface area contributed by atoms with E-state index < -0.39 is 5.41 Å². The molecule has 0 heterocycles. The van der Waals surface area contributed by atoms with Gasteiger partial charge in [0.05, 0.1) is 17.6 Å². The molecule has 6 heteroatoms. The minimum atomic E-state index is -0.718. The van der Waals surface area contributed by atoms with Crippen LogP contribution in [0, 0.1) is 5.82 Å². The summed E-state index contributed by atoms with van der Waals surface area (Å²) in [4.78, 5) is 26.8. The average molecular weight is 419 g/mol. The molecule has 1 aliphatic rings. The van der Waals surface area contributed by atoms with Crippen molar-refractivity contribution in [1.82, 2.24) is 4.90 Å². The van der Waals surface area contributed by atoms with Gasteiger partial charge in [0.2, 0.25) is 11.8 Å². The summed E-state index contributed by atoms with van der Waals surface area (Å²) in [6, 6.07) is 13.5. The second kappa shape index (κ2) is 7.58. The summed E-state index contributed by atoms with van der Waals surface area (Å²) >= 11 is 3.38. The molecule has 26 heavy (non-hydrogen) atoms. The Balaban J connectivity index is 1.70. The van der Waals surface area contributed by atoms with Gasteiger partial charge in [-0.05, 0) is 58.6 Å². The third kappa shape index (κ3) is 3.65. The summed E-state index contributed by atoms with van der Waals surface area (Å²) in [6.07, 6.45) is 2.26. The average Bonchev–Trinajstić information content (AvgIpc) is 2.56. The molecule has 3 rings (SSSR count). The quantitative estimate of drug-likeness (QED) is 0.793. The van der Waals surface area contributed by atoms with E-state index in [1.807, 2.05) is 18.2 Å². The fourth-order valence-electron chi connectivity index (χ4n) is 3.35. The molecule has 2 aromatic rings. The van der Waals surface area contributed by atoms with E-state index in [0.717, 1.165) is 10.9 Å². The Morgan fingerprint density at radius 3 is 2.54 bits per heavy atom. The molecule has 1 saturated carbocycles. The number of nitrogens with one attached hydrogen (secondary N) is 1. The van der Waals surface area contributed by atoms with Crippen molar-refractivity contribution in [2.24, 2.45) is 0 Å². The standard InChI is InChI=1S/C20H20BrFN2O2/c1-24(13-18(25)23-17-9-3-2-8-16(17)21)19(26)20(10-5-11-20)14-6-4-7-15(22)12-14/h2-4,6-9,12H,5,10-11,13H2,1H3,(H,23,25). The predicted molar refractivity (Wildman–Crippen MR) is 102 cm³/mol. The Morgan fingerprint density at radius 1 is 1.19 bits per heavy atom. The van der Waals surface area contributed by atoms with E-state index in [1.54, 1.807) is 25.2 Å². The monoisotopic (exact) mass is 418 g/mol. The van der Waals surface area contributed by atoms with Crippen molar-refractivity contribution in [3.05, 3.63) is 64.4 Å². The van der Waals surface area contributed by atoms with Crippen molar-refractivity contribution < 1.29 is 14.0 Å². The van der Waals surface area contributed by atoms with Crippen molar-refractivity contribution in [2.75, 3.05) is 18.9 Å². The van der Waals surface area contributed by atoms with Crippen LogP contribution in [0.15, 0.2) is 53.0 Å². The highest BCUT2D eigenvalue weighted by Gasteiger charge is 2.47. The molecule has 0 radical (unpaired) electrons. The third-order valence-corrected chi connectivity index (χ3v) is 5.56. The minimum Gasteiger partial charge on any atom is -0.336 e. The first-order chi connectivity index (χ1) is 12.4. The molecule has 4 nitrogen and oxygen atoms in total. The fraction of sp³-hybridized carbons (Fsp3) is 0.300. The van der Waals surface area contributed by atoms with Crippen LogP contribution in [0.25, 0.3) is 0 Å². The molecule has 0 aliphatic heterocycles. The zero-order valence-electron chi connectivity index (χ0n) is 14.5. The molecule has 0 unspecified atom stereocenters. The second-order valence-electron chi connectivity index (χ2n) is 6.64. The van der Waals surface area contributed by atoms with Crippen LogP contribution >= 0.6 is 15.9 Å². The summed E-state index contributed by atoms with van der Waals surface area (Å²) in [7, 11) is 1.61. The van der Waals surface area contributed by atoms with Crippen LogP contribution in [0.3, 0.4) is 0 Å². The molecule has 0 bridgehead atoms. The number of halogens is 2. The third-order valence-electron chi connectivity index (χ3n) is 4.87. The van der Waals surface area contributed by atoms with E-state index in [4.69, 9.17) is 0 Å². The Labute approximate surface area is 160 Å². The highest BCUT2D eigenvalue weighted by Crippen LogP contribution is 2.45. The molecule has 1 fully saturated rings. The molecule has 0 atom stereocenters. The van der Waals surface area contributed by atoms with Crippen molar-refractivity contribution in [1.29, 1.82) is 0 Å². The highest BCUT2D eigenvalue weighted by atomic mass is 79.9. The summed E-state index contributed by atoms with van der Waals surface area (Å²) in [6.45, 7) is -0.0583. The lowest BCUT2D eigenvalue weighted by atomic mass is 9.63. The molecule has 2 aromatic carbocycles. The van der Waals surface area contributed by atoms with Crippen LogP contribution in [0.1, 0.15) is 24.8 Å². The Hall–Kier alpha value is -2.21. The van der Waals surface area contributed by atoms with Gasteiger partial charge in [-0.25, -0.2) is 4.39 Å². The summed E-state index contributed by atoms with van der Waals surface area (Å²) in [5.41, 5.74) is 0.624. The van der Waals surface area contributed by atoms with E-state index in [-0.39, 0.29) is 24.2 Å². The number of hydrogen-bond donors (Lipinski definition) is 1. The van der Waals surface area contributed by atoms with Gasteiger partial charge in [-0.1, -0.05) is 30.7 Å². The lowest BCUT2D eigenvalue weighted by Crippen LogP contribution is -2.51. The van der Waals surface area contributed by atoms with Crippen LogP contribution < -0.4 is 5.32 Å². The first kappa shape index (κ1) is 18.6. The number of anilines is 1. The molecule has 1 N–H and O–H groups in total. The van der Waals surface area contributed by atoms with E-state index in [9.17, 15) is 14.0 Å². The first-order valence-electron chi connectivity index (χ1n) is 8.48. The van der Waals surface area contributed by atoms with Crippen molar-refractivity contribution in [2.45, 2.75) is 24.7 Å². The van der Waals surface area contributed by atoms with Gasteiger partial charge >= 0.3 is 0 Å². The SMILES string of the molecule is CN(CC(=O)Nc1ccccc1Br)C(=O)C1(c2cccc(F)c2)CCC1. The number of para-hydroxylation sites is 1. The maximum Gasteiger partial charge on any atom is 0.244 e. The number of likely N-dealkylation sites (N-methyl/N-ethyl adjacent to an activating group) is 1. The van der Waals surface area contributed by atoms with Gasteiger partial charge in [-0.15, -0.1) is 0 Å². The van der Waals surface area contributed by atoms with Crippen LogP contribution in [0.2, 0.25) is 0 Å². The number of hydrogen-bond acceptors (Lipinski definition) is 2. The van der Waals surface area contributed by atoms with Crippen LogP contribution in [0.4, 0.5) is 10.1 Å². The maximum absolute atomic E-state index is 13.6. The number of rotatable bonds is 5. The first-order valence-corrected chi connectivity index (χ1v) is 9.28. The molecule has 2 amide bonds. The van der Waals surface area contributed by atoms with Crippen molar-refractivity contribution in [3.8, 4) is 0 Å². The normalized spacial score (nSPS) is 15.0. The Morgan fingerprint density at radius 2 is 1.92 bits per heavy atom. The fourth-order valence-corrected chi connectivity index (χ4v) is 3.73. The Kier molecular flexibility index (Phi) is 5.41. The lowest BCUT2D eigenvalue weighted by molar-refractivity contribution is -0.141. The van der Waals surface area contributed by atoms with E-state index in [0.29, 0.717) is 24.1 Å². The molecule has 1 aliphatic carbocycles. The van der Waals surface area contributed by atoms with Crippen LogP contribution in [-0.4, -0.2) is 30.3 Å². The molecule has 0 spiro atoms. The van der Waals surface area contributed by atoms with Gasteiger partial charge in [0.1, 0.15) is 5.82 Å². The summed E-state index contributed by atoms with van der Waals surface area (Å²) in [5.74, 6) is -0.769. The van der Waals surface area contributed by atoms with Crippen LogP contribution in [-0.2, 0) is 15.0 Å². The van der Waals surface area contributed by atoms with Gasteiger partial charge in [-0.2, -0.15) is 0 Å². The Bertz CT molecular complexity index is 836. The molecular weight excluding hydrogens is 399 g/mol. The zero-order valence-corrected chi connectivity index (χ0v) is 16.1. The molecule has 0 saturated heterocycles. The van der Waals surface area contributed by atoms with Gasteiger partial charge < -0.3 is 10.2 Å². The van der Waals surface area contributed by atoms with Gasteiger partial charge in [0, 0.05) is 11.5 Å². The number of amides is 2. The highest BCUT2D eigenvalue weighted by molar-refractivity contribution is 9.10. The van der Waals surface area contributed by atoms with Crippen LogP contribution in [0.5, 0.6) is 0 Å². The van der Waals surface area contributed by atoms with Gasteiger partial charge in [0.25, 0.3) is 0 Å². The van der Waals surface area contributed by atoms with E-state index >= 15 is 0 Å². The minimum absolute atomic E-state index is 0.0583. The molecular formula is C20H20BrFN2O2. The van der Waals surface area contributed by atoms with Gasteiger partial charge in [-0.3, -0.25) is 9.59 Å². The predicted octanol–water partition coefficient (Wildman–Crippen LogP) is 4.11. The second-order valence-corrected chi connectivity index (χ2v) is 7.49. The maximum atomic E-state index is 13.6. The molecule has 0 aromatic heterocycles. The smallest absolute Gasteiger partial charge is 0.244 e. The topological polar surface area (TPSA) is 49.4 Å². The number of benzene rings is 2. The number of carbonyl (C=O) groups excluding carboxylic acids is 2. The number of carbonyl (C=O) groups is 2.